The van der Waals surface area contributed by atoms with Gasteiger partial charge in [0, 0.05) is 10.9 Å². The lowest BCUT2D eigenvalue weighted by Crippen LogP contribution is -2.20. The van der Waals surface area contributed by atoms with Gasteiger partial charge in [0.1, 0.15) is 0 Å². The van der Waals surface area contributed by atoms with Crippen LogP contribution in [0.3, 0.4) is 0 Å². The Balaban J connectivity index is 1.55. The summed E-state index contributed by atoms with van der Waals surface area (Å²) in [5.74, 6) is -2.12. The molecule has 0 saturated carbocycles. The van der Waals surface area contributed by atoms with Gasteiger partial charge in [-0.2, -0.15) is 0 Å². The third-order valence-corrected chi connectivity index (χ3v) is 4.40. The second kappa shape index (κ2) is 7.88. The van der Waals surface area contributed by atoms with Crippen molar-refractivity contribution in [2.24, 2.45) is 0 Å². The first-order valence-electron chi connectivity index (χ1n) is 7.94. The molecule has 0 aliphatic heterocycles. The summed E-state index contributed by atoms with van der Waals surface area (Å²) in [7, 11) is 0. The first kappa shape index (κ1) is 18.4. The van der Waals surface area contributed by atoms with Gasteiger partial charge in [-0.3, -0.25) is 10.1 Å². The average molecular weight is 384 g/mol. The normalized spacial score (nSPS) is 10.4. The van der Waals surface area contributed by atoms with Gasteiger partial charge in [0.2, 0.25) is 0 Å². The number of nitrogens with zero attached hydrogens (tertiary/aromatic N) is 1. The Morgan fingerprint density at radius 1 is 1.11 bits per heavy atom. The number of phenols is 2. The number of carbonyl (C=O) groups excluding carboxylic acids is 2. The Hall–Kier alpha value is -3.39. The molecule has 3 rings (SSSR count). The summed E-state index contributed by atoms with van der Waals surface area (Å²) in [5.41, 5.74) is 2.85. The molecule has 27 heavy (non-hydrogen) atoms. The highest BCUT2D eigenvalue weighted by Gasteiger charge is 2.14. The molecule has 138 valence electrons. The van der Waals surface area contributed by atoms with E-state index in [4.69, 9.17) is 4.74 Å². The fraction of sp³-hybridized carbons (Fsp3) is 0.105. The number of ether oxygens (including phenoxy) is 1. The summed E-state index contributed by atoms with van der Waals surface area (Å²) in [4.78, 5) is 28.2. The van der Waals surface area contributed by atoms with Crippen LogP contribution >= 0.6 is 11.3 Å². The zero-order chi connectivity index (χ0) is 19.4. The van der Waals surface area contributed by atoms with E-state index in [9.17, 15) is 19.8 Å². The Bertz CT molecular complexity index is 982. The van der Waals surface area contributed by atoms with E-state index in [0.717, 1.165) is 29.0 Å². The fourth-order valence-corrected chi connectivity index (χ4v) is 2.94. The Labute approximate surface area is 158 Å². The van der Waals surface area contributed by atoms with Crippen molar-refractivity contribution in [2.75, 3.05) is 11.9 Å². The van der Waals surface area contributed by atoms with Crippen molar-refractivity contribution >= 4 is 28.3 Å². The molecular formula is C19H16N2O5S. The van der Waals surface area contributed by atoms with Gasteiger partial charge in [-0.05, 0) is 25.1 Å². The van der Waals surface area contributed by atoms with Crippen molar-refractivity contribution in [3.8, 4) is 22.8 Å². The van der Waals surface area contributed by atoms with E-state index >= 15 is 0 Å². The number of hydrogen-bond donors (Lipinski definition) is 3. The molecule has 0 aliphatic rings. The zero-order valence-electron chi connectivity index (χ0n) is 14.3. The third-order valence-electron chi connectivity index (χ3n) is 3.64. The Morgan fingerprint density at radius 2 is 1.85 bits per heavy atom. The molecule has 0 radical (unpaired) electrons. The maximum absolute atomic E-state index is 11.9. The van der Waals surface area contributed by atoms with Crippen LogP contribution in [0.4, 0.5) is 5.13 Å². The fourth-order valence-electron chi connectivity index (χ4n) is 2.21. The van der Waals surface area contributed by atoms with Crippen LogP contribution < -0.4 is 5.32 Å². The first-order valence-corrected chi connectivity index (χ1v) is 8.82. The molecule has 0 aliphatic carbocycles. The lowest BCUT2D eigenvalue weighted by atomic mass is 10.1. The number of hydrogen-bond acceptors (Lipinski definition) is 7. The molecule has 0 fully saturated rings. The SMILES string of the molecule is Cc1ccc(-c2csc(NC(=O)COC(=O)c3ccc(O)c(O)c3)n2)cc1. The van der Waals surface area contributed by atoms with Crippen molar-refractivity contribution in [1.82, 2.24) is 4.98 Å². The number of rotatable bonds is 5. The highest BCUT2D eigenvalue weighted by Crippen LogP contribution is 2.26. The standard InChI is InChI=1S/C19H16N2O5S/c1-11-2-4-12(5-3-11)14-10-27-19(20-14)21-17(24)9-26-18(25)13-6-7-15(22)16(23)8-13/h2-8,10,22-23H,9H2,1H3,(H,20,21,24). The smallest absolute Gasteiger partial charge is 0.338 e. The number of anilines is 1. The molecular weight excluding hydrogens is 368 g/mol. The first-order chi connectivity index (χ1) is 12.9. The largest absolute Gasteiger partial charge is 0.504 e. The molecule has 8 heteroatoms. The van der Waals surface area contributed by atoms with Crippen LogP contribution in [0.5, 0.6) is 11.5 Å². The third kappa shape index (κ3) is 4.62. The van der Waals surface area contributed by atoms with Crippen molar-refractivity contribution in [3.63, 3.8) is 0 Å². The van der Waals surface area contributed by atoms with E-state index < -0.39 is 24.2 Å². The van der Waals surface area contributed by atoms with Crippen LogP contribution in [0.25, 0.3) is 11.3 Å². The molecule has 0 spiro atoms. The van der Waals surface area contributed by atoms with Gasteiger partial charge < -0.3 is 14.9 Å². The minimum Gasteiger partial charge on any atom is -0.504 e. The maximum Gasteiger partial charge on any atom is 0.338 e. The predicted molar refractivity (Wildman–Crippen MR) is 101 cm³/mol. The summed E-state index contributed by atoms with van der Waals surface area (Å²) in [6.45, 7) is 1.50. The van der Waals surface area contributed by atoms with Crippen molar-refractivity contribution in [3.05, 3.63) is 59.0 Å². The van der Waals surface area contributed by atoms with Crippen LogP contribution in [0.1, 0.15) is 15.9 Å². The molecule has 7 nitrogen and oxygen atoms in total. The van der Waals surface area contributed by atoms with Crippen LogP contribution in [-0.4, -0.2) is 33.7 Å². The highest BCUT2D eigenvalue weighted by atomic mass is 32.1. The Kier molecular flexibility index (Phi) is 5.37. The molecule has 0 bridgehead atoms. The van der Waals surface area contributed by atoms with Gasteiger partial charge >= 0.3 is 5.97 Å². The summed E-state index contributed by atoms with van der Waals surface area (Å²) >= 11 is 1.27. The number of phenolic OH excluding ortho intramolecular Hbond substituents is 2. The predicted octanol–water partition coefficient (Wildman–Crippen LogP) is 3.33. The summed E-state index contributed by atoms with van der Waals surface area (Å²) < 4.78 is 4.89. The van der Waals surface area contributed by atoms with Gasteiger partial charge in [-0.1, -0.05) is 29.8 Å². The van der Waals surface area contributed by atoms with E-state index in [-0.39, 0.29) is 11.3 Å². The number of carbonyl (C=O) groups is 2. The van der Waals surface area contributed by atoms with Gasteiger partial charge in [0.25, 0.3) is 5.91 Å². The van der Waals surface area contributed by atoms with Crippen molar-refractivity contribution in [2.45, 2.75) is 6.92 Å². The quantitative estimate of drug-likeness (QED) is 0.460. The van der Waals surface area contributed by atoms with Crippen LogP contribution in [0.15, 0.2) is 47.8 Å². The van der Waals surface area contributed by atoms with E-state index in [0.29, 0.717) is 5.13 Å². The number of thiazole rings is 1. The molecule has 1 amide bonds. The second-order valence-electron chi connectivity index (χ2n) is 5.73. The monoisotopic (exact) mass is 384 g/mol. The topological polar surface area (TPSA) is 109 Å². The number of aromatic nitrogens is 1. The summed E-state index contributed by atoms with van der Waals surface area (Å²) in [6.07, 6.45) is 0. The van der Waals surface area contributed by atoms with E-state index in [1.54, 1.807) is 0 Å². The number of nitrogens with one attached hydrogen (secondary N) is 1. The molecule has 0 saturated heterocycles. The van der Waals surface area contributed by atoms with E-state index in [1.165, 1.54) is 17.4 Å². The minimum atomic E-state index is -0.792. The van der Waals surface area contributed by atoms with Gasteiger partial charge in [-0.15, -0.1) is 11.3 Å². The number of aromatic hydroxyl groups is 2. The van der Waals surface area contributed by atoms with Crippen molar-refractivity contribution in [1.29, 1.82) is 0 Å². The van der Waals surface area contributed by atoms with Gasteiger partial charge in [-0.25, -0.2) is 9.78 Å². The number of amides is 1. The number of esters is 1. The highest BCUT2D eigenvalue weighted by molar-refractivity contribution is 7.14. The molecule has 0 atom stereocenters. The molecule has 0 unspecified atom stereocenters. The molecule has 1 aromatic heterocycles. The van der Waals surface area contributed by atoms with Gasteiger partial charge in [0.05, 0.1) is 11.3 Å². The lowest BCUT2D eigenvalue weighted by Gasteiger charge is -2.05. The second-order valence-corrected chi connectivity index (χ2v) is 6.59. The number of aryl methyl sites for hydroxylation is 1. The van der Waals surface area contributed by atoms with Crippen LogP contribution in [-0.2, 0) is 9.53 Å². The lowest BCUT2D eigenvalue weighted by molar-refractivity contribution is -0.119. The Morgan fingerprint density at radius 3 is 2.56 bits per heavy atom. The summed E-state index contributed by atoms with van der Waals surface area (Å²) in [6, 6.07) is 11.4. The summed E-state index contributed by atoms with van der Waals surface area (Å²) in [5, 5.41) is 23.4. The molecule has 3 N–H and O–H groups in total. The van der Waals surface area contributed by atoms with Gasteiger partial charge in [0.15, 0.2) is 23.2 Å². The number of benzene rings is 2. The van der Waals surface area contributed by atoms with E-state index in [2.05, 4.69) is 10.3 Å². The van der Waals surface area contributed by atoms with Crippen LogP contribution in [0, 0.1) is 6.92 Å². The molecule has 3 aromatic rings. The van der Waals surface area contributed by atoms with Crippen molar-refractivity contribution < 1.29 is 24.5 Å². The average Bonchev–Trinajstić information content (AvgIpc) is 3.11. The van der Waals surface area contributed by atoms with Crippen LogP contribution in [0.2, 0.25) is 0 Å². The molecule has 2 aromatic carbocycles. The maximum atomic E-state index is 11.9. The van der Waals surface area contributed by atoms with E-state index in [1.807, 2.05) is 36.6 Å². The zero-order valence-corrected chi connectivity index (χ0v) is 15.1. The molecule has 1 heterocycles. The minimum absolute atomic E-state index is 0.0222.